The van der Waals surface area contributed by atoms with Crippen LogP contribution >= 0.6 is 0 Å². The second-order valence-electron chi connectivity index (χ2n) is 7.92. The van der Waals surface area contributed by atoms with E-state index in [1.54, 1.807) is 0 Å². The van der Waals surface area contributed by atoms with E-state index in [-0.39, 0.29) is 44.4 Å². The fraction of sp³-hybridized carbons (Fsp3) is 0.632. The third-order valence-corrected chi connectivity index (χ3v) is 7.79. The number of nitrogens with two attached hydrogens (primary N) is 1. The lowest BCUT2D eigenvalue weighted by Crippen LogP contribution is -2.52. The molecule has 8 nitrogen and oxygen atoms in total. The van der Waals surface area contributed by atoms with E-state index in [2.05, 4.69) is 0 Å². The molecule has 2 heterocycles. The van der Waals surface area contributed by atoms with Gasteiger partial charge in [0, 0.05) is 19.5 Å². The van der Waals surface area contributed by atoms with Crippen molar-refractivity contribution in [2.45, 2.75) is 44.3 Å². The van der Waals surface area contributed by atoms with Gasteiger partial charge in [0.05, 0.1) is 23.3 Å². The Morgan fingerprint density at radius 3 is 2.39 bits per heavy atom. The number of rotatable bonds is 6. The monoisotopic (exact) mass is 466 g/mol. The maximum absolute atomic E-state index is 12.9. The minimum atomic E-state index is -4.43. The van der Waals surface area contributed by atoms with E-state index in [0.717, 1.165) is 12.1 Å². The number of carbonyl (C=O) groups excluding carboxylic acids is 1. The van der Waals surface area contributed by atoms with Crippen LogP contribution in [0.25, 0.3) is 0 Å². The SMILES string of the molecule is NC(=O)C1(CS(=O)(=O)N2CCC(Oc3ccc(C(F)(F)F)cc3)CC2)CCOC(O)C1. The first-order valence-electron chi connectivity index (χ1n) is 9.83. The molecule has 2 aliphatic heterocycles. The van der Waals surface area contributed by atoms with Crippen LogP contribution in [-0.2, 0) is 25.7 Å². The number of ether oxygens (including phenoxy) is 2. The number of sulfonamides is 1. The molecule has 0 spiro atoms. The minimum absolute atomic E-state index is 0.0304. The zero-order valence-corrected chi connectivity index (χ0v) is 17.5. The van der Waals surface area contributed by atoms with Crippen molar-refractivity contribution in [1.29, 1.82) is 0 Å². The molecule has 2 unspecified atom stereocenters. The molecule has 2 aliphatic rings. The highest BCUT2D eigenvalue weighted by Gasteiger charge is 2.47. The van der Waals surface area contributed by atoms with Crippen molar-refractivity contribution in [1.82, 2.24) is 4.31 Å². The van der Waals surface area contributed by atoms with Gasteiger partial charge in [0.25, 0.3) is 0 Å². The van der Waals surface area contributed by atoms with Crippen LogP contribution in [-0.4, -0.2) is 61.6 Å². The lowest BCUT2D eigenvalue weighted by atomic mass is 9.81. The number of aliphatic hydroxyl groups is 1. The number of alkyl halides is 3. The van der Waals surface area contributed by atoms with Crippen LogP contribution in [0.1, 0.15) is 31.2 Å². The predicted molar refractivity (Wildman–Crippen MR) is 103 cm³/mol. The highest BCUT2D eigenvalue weighted by Crippen LogP contribution is 2.36. The molecule has 12 heteroatoms. The molecular weight excluding hydrogens is 441 g/mol. The lowest BCUT2D eigenvalue weighted by molar-refractivity contribution is -0.167. The van der Waals surface area contributed by atoms with E-state index in [4.69, 9.17) is 15.2 Å². The van der Waals surface area contributed by atoms with Crippen LogP contribution in [0.5, 0.6) is 5.75 Å². The van der Waals surface area contributed by atoms with E-state index >= 15 is 0 Å². The van der Waals surface area contributed by atoms with Gasteiger partial charge in [-0.05, 0) is 43.5 Å². The number of primary amides is 1. The number of benzene rings is 1. The van der Waals surface area contributed by atoms with Crippen molar-refractivity contribution < 1.29 is 41.0 Å². The molecule has 0 aromatic heterocycles. The fourth-order valence-electron chi connectivity index (χ4n) is 3.90. The molecule has 1 amide bonds. The molecule has 0 aliphatic carbocycles. The first-order valence-corrected chi connectivity index (χ1v) is 11.4. The van der Waals surface area contributed by atoms with Gasteiger partial charge in [0.2, 0.25) is 15.9 Å². The molecule has 0 bridgehead atoms. The Labute approximate surface area is 178 Å². The Hall–Kier alpha value is -1.89. The van der Waals surface area contributed by atoms with Gasteiger partial charge in [-0.3, -0.25) is 4.79 Å². The van der Waals surface area contributed by atoms with Crippen LogP contribution in [0.3, 0.4) is 0 Å². The number of piperidine rings is 1. The zero-order chi connectivity index (χ0) is 22.9. The summed E-state index contributed by atoms with van der Waals surface area (Å²) in [5.74, 6) is -1.03. The van der Waals surface area contributed by atoms with Gasteiger partial charge in [-0.2, -0.15) is 13.2 Å². The maximum atomic E-state index is 12.9. The van der Waals surface area contributed by atoms with Gasteiger partial charge in [0.15, 0.2) is 6.29 Å². The molecule has 174 valence electrons. The molecular formula is C19H25F3N2O6S. The number of hydrogen-bond acceptors (Lipinski definition) is 6. The summed E-state index contributed by atoms with van der Waals surface area (Å²) < 4.78 is 75.7. The van der Waals surface area contributed by atoms with E-state index in [9.17, 15) is 31.5 Å². The molecule has 1 aromatic rings. The summed E-state index contributed by atoms with van der Waals surface area (Å²) in [7, 11) is -3.84. The van der Waals surface area contributed by atoms with E-state index in [1.165, 1.54) is 16.4 Å². The van der Waals surface area contributed by atoms with Crippen molar-refractivity contribution in [2.75, 3.05) is 25.4 Å². The molecule has 0 radical (unpaired) electrons. The van der Waals surface area contributed by atoms with E-state index in [1.807, 2.05) is 0 Å². The quantitative estimate of drug-likeness (QED) is 0.656. The largest absolute Gasteiger partial charge is 0.490 e. The first-order chi connectivity index (χ1) is 14.4. The number of carbonyl (C=O) groups is 1. The predicted octanol–water partition coefficient (Wildman–Crippen LogP) is 1.48. The van der Waals surface area contributed by atoms with Crippen LogP contribution < -0.4 is 10.5 Å². The van der Waals surface area contributed by atoms with Gasteiger partial charge >= 0.3 is 6.18 Å². The molecule has 3 N–H and O–H groups in total. The van der Waals surface area contributed by atoms with E-state index in [0.29, 0.717) is 12.8 Å². The summed E-state index contributed by atoms with van der Waals surface area (Å²) in [5, 5.41) is 9.72. The summed E-state index contributed by atoms with van der Waals surface area (Å²) in [6.07, 6.45) is -5.43. The normalized spacial score (nSPS) is 26.5. The van der Waals surface area contributed by atoms with Crippen molar-refractivity contribution in [2.24, 2.45) is 11.1 Å². The van der Waals surface area contributed by atoms with Crippen LogP contribution in [0.2, 0.25) is 0 Å². The van der Waals surface area contributed by atoms with Crippen LogP contribution in [0, 0.1) is 5.41 Å². The highest BCUT2D eigenvalue weighted by atomic mass is 32.2. The van der Waals surface area contributed by atoms with Gasteiger partial charge < -0.3 is 20.3 Å². The molecule has 3 rings (SSSR count). The smallest absolute Gasteiger partial charge is 0.416 e. The number of halogens is 3. The number of aliphatic hydroxyl groups excluding tert-OH is 1. The number of amides is 1. The van der Waals surface area contributed by atoms with Crippen molar-refractivity contribution in [3.63, 3.8) is 0 Å². The summed E-state index contributed by atoms with van der Waals surface area (Å²) in [5.41, 5.74) is 3.29. The molecule has 2 fully saturated rings. The van der Waals surface area contributed by atoms with Crippen LogP contribution in [0.4, 0.5) is 13.2 Å². The highest BCUT2D eigenvalue weighted by molar-refractivity contribution is 7.89. The molecule has 2 atom stereocenters. The van der Waals surface area contributed by atoms with Crippen LogP contribution in [0.15, 0.2) is 24.3 Å². The Balaban J connectivity index is 1.58. The van der Waals surface area contributed by atoms with Gasteiger partial charge in [-0.15, -0.1) is 0 Å². The summed E-state index contributed by atoms with van der Waals surface area (Å²) in [4.78, 5) is 12.0. The van der Waals surface area contributed by atoms with E-state index < -0.39 is 45.1 Å². The summed E-state index contributed by atoms with van der Waals surface area (Å²) in [6.45, 7) is 0.311. The lowest BCUT2D eigenvalue weighted by Gasteiger charge is -2.38. The van der Waals surface area contributed by atoms with Crippen molar-refractivity contribution in [3.8, 4) is 5.75 Å². The Bertz CT molecular complexity index is 885. The molecule has 1 aromatic carbocycles. The second-order valence-corrected chi connectivity index (χ2v) is 9.89. The minimum Gasteiger partial charge on any atom is -0.490 e. The second kappa shape index (κ2) is 8.93. The average molecular weight is 466 g/mol. The maximum Gasteiger partial charge on any atom is 0.416 e. The first kappa shape index (κ1) is 23.8. The Kier molecular flexibility index (Phi) is 6.84. The fourth-order valence-corrected chi connectivity index (χ4v) is 5.95. The standard InChI is InChI=1S/C19H25F3N2O6S/c20-19(21,22)13-1-3-14(4-2-13)30-15-5-8-24(9-6-15)31(27,28)12-18(17(23)26)7-10-29-16(25)11-18/h1-4,15-16,25H,5-12H2,(H2,23,26). The average Bonchev–Trinajstić information content (AvgIpc) is 2.68. The number of hydrogen-bond donors (Lipinski definition) is 2. The third kappa shape index (κ3) is 5.68. The van der Waals surface area contributed by atoms with Gasteiger partial charge in [-0.25, -0.2) is 12.7 Å². The number of nitrogens with zero attached hydrogens (tertiary/aromatic N) is 1. The molecule has 31 heavy (non-hydrogen) atoms. The van der Waals surface area contributed by atoms with Gasteiger partial charge in [-0.1, -0.05) is 0 Å². The Morgan fingerprint density at radius 2 is 1.87 bits per heavy atom. The topological polar surface area (TPSA) is 119 Å². The van der Waals surface area contributed by atoms with Gasteiger partial charge in [0.1, 0.15) is 11.9 Å². The van der Waals surface area contributed by atoms with Crippen molar-refractivity contribution >= 4 is 15.9 Å². The molecule has 0 saturated carbocycles. The third-order valence-electron chi connectivity index (χ3n) is 5.72. The summed E-state index contributed by atoms with van der Waals surface area (Å²) >= 11 is 0. The molecule has 2 saturated heterocycles. The summed E-state index contributed by atoms with van der Waals surface area (Å²) in [6, 6.07) is 4.33. The zero-order valence-electron chi connectivity index (χ0n) is 16.7. The Morgan fingerprint density at radius 1 is 1.26 bits per heavy atom. The van der Waals surface area contributed by atoms with Crippen molar-refractivity contribution in [3.05, 3.63) is 29.8 Å².